The normalized spacial score (nSPS) is 13.1. The van der Waals surface area contributed by atoms with Gasteiger partial charge in [-0.1, -0.05) is 30.3 Å². The lowest BCUT2D eigenvalue weighted by Crippen LogP contribution is -2.38. The summed E-state index contributed by atoms with van der Waals surface area (Å²) in [6.45, 7) is 2.81. The minimum Gasteiger partial charge on any atom is -0.351 e. The number of nitrogens with zero attached hydrogens (tertiary/aromatic N) is 3. The fourth-order valence-corrected chi connectivity index (χ4v) is 1.97. The number of benzene rings is 1. The zero-order valence-electron chi connectivity index (χ0n) is 12.2. The van der Waals surface area contributed by atoms with E-state index in [-0.39, 0.29) is 6.04 Å². The van der Waals surface area contributed by atoms with Gasteiger partial charge in [-0.3, -0.25) is 9.67 Å². The van der Waals surface area contributed by atoms with Crippen molar-refractivity contribution in [3.05, 3.63) is 53.9 Å². The second-order valence-electron chi connectivity index (χ2n) is 4.65. The molecule has 1 atom stereocenters. The van der Waals surface area contributed by atoms with Gasteiger partial charge in [-0.05, 0) is 18.6 Å². The van der Waals surface area contributed by atoms with E-state index in [9.17, 15) is 0 Å². The highest BCUT2D eigenvalue weighted by Gasteiger charge is 2.07. The van der Waals surface area contributed by atoms with Crippen molar-refractivity contribution >= 4 is 5.96 Å². The lowest BCUT2D eigenvalue weighted by Gasteiger charge is -2.18. The minimum absolute atomic E-state index is 0.203. The molecule has 0 spiro atoms. The third kappa shape index (κ3) is 3.60. The maximum atomic E-state index is 4.25. The van der Waals surface area contributed by atoms with Crippen molar-refractivity contribution in [2.24, 2.45) is 12.0 Å². The molecule has 0 aliphatic heterocycles. The first-order chi connectivity index (χ1) is 9.70. The SMILES string of the molecule is CN=C(NCc1ccnn1C)NC(C)c1ccccc1. The first-order valence-corrected chi connectivity index (χ1v) is 6.69. The third-order valence-electron chi connectivity index (χ3n) is 3.24. The quantitative estimate of drug-likeness (QED) is 0.659. The Morgan fingerprint density at radius 1 is 1.30 bits per heavy atom. The Labute approximate surface area is 119 Å². The lowest BCUT2D eigenvalue weighted by atomic mass is 10.1. The maximum Gasteiger partial charge on any atom is 0.191 e. The summed E-state index contributed by atoms with van der Waals surface area (Å²) in [6, 6.07) is 12.5. The van der Waals surface area contributed by atoms with Crippen molar-refractivity contribution < 1.29 is 0 Å². The Bertz CT molecular complexity index is 559. The van der Waals surface area contributed by atoms with Gasteiger partial charge in [0.25, 0.3) is 0 Å². The van der Waals surface area contributed by atoms with Crippen molar-refractivity contribution in [1.29, 1.82) is 0 Å². The predicted octanol–water partition coefficient (Wildman–Crippen LogP) is 1.85. The van der Waals surface area contributed by atoms with E-state index in [4.69, 9.17) is 0 Å². The summed E-state index contributed by atoms with van der Waals surface area (Å²) < 4.78 is 1.85. The van der Waals surface area contributed by atoms with E-state index in [0.29, 0.717) is 6.54 Å². The van der Waals surface area contributed by atoms with Gasteiger partial charge in [0.1, 0.15) is 0 Å². The Hall–Kier alpha value is -2.30. The highest BCUT2D eigenvalue weighted by Crippen LogP contribution is 2.10. The Morgan fingerprint density at radius 3 is 2.65 bits per heavy atom. The first kappa shape index (κ1) is 14.1. The molecular weight excluding hydrogens is 250 g/mol. The average Bonchev–Trinajstić information content (AvgIpc) is 2.89. The fraction of sp³-hybridized carbons (Fsp3) is 0.333. The molecule has 2 rings (SSSR count). The molecule has 0 radical (unpaired) electrons. The molecule has 1 heterocycles. The summed E-state index contributed by atoms with van der Waals surface area (Å²) in [7, 11) is 3.70. The van der Waals surface area contributed by atoms with E-state index >= 15 is 0 Å². The van der Waals surface area contributed by atoms with Gasteiger partial charge in [0.15, 0.2) is 5.96 Å². The third-order valence-corrected chi connectivity index (χ3v) is 3.24. The highest BCUT2D eigenvalue weighted by atomic mass is 15.3. The summed E-state index contributed by atoms with van der Waals surface area (Å²) >= 11 is 0. The molecule has 0 aliphatic rings. The predicted molar refractivity (Wildman–Crippen MR) is 81.4 cm³/mol. The van der Waals surface area contributed by atoms with Crippen LogP contribution in [0.15, 0.2) is 47.6 Å². The molecule has 0 fully saturated rings. The zero-order chi connectivity index (χ0) is 14.4. The molecule has 1 aromatic carbocycles. The largest absolute Gasteiger partial charge is 0.351 e. The standard InChI is InChI=1S/C15H21N5/c1-12(13-7-5-4-6-8-13)19-15(16-2)17-11-14-9-10-18-20(14)3/h4-10,12H,11H2,1-3H3,(H2,16,17,19). The summed E-state index contributed by atoms with van der Waals surface area (Å²) in [5, 5.41) is 10.8. The van der Waals surface area contributed by atoms with Crippen molar-refractivity contribution in [1.82, 2.24) is 20.4 Å². The summed E-state index contributed by atoms with van der Waals surface area (Å²) in [6.07, 6.45) is 1.79. The molecule has 2 aromatic rings. The second-order valence-corrected chi connectivity index (χ2v) is 4.65. The van der Waals surface area contributed by atoms with E-state index < -0.39 is 0 Å². The van der Waals surface area contributed by atoms with Crippen molar-refractivity contribution in [2.75, 3.05) is 7.05 Å². The molecular formula is C15H21N5. The van der Waals surface area contributed by atoms with E-state index in [1.807, 2.05) is 36.0 Å². The van der Waals surface area contributed by atoms with Crippen LogP contribution in [0.3, 0.4) is 0 Å². The van der Waals surface area contributed by atoms with Gasteiger partial charge < -0.3 is 10.6 Å². The lowest BCUT2D eigenvalue weighted by molar-refractivity contribution is 0.659. The summed E-state index contributed by atoms with van der Waals surface area (Å²) in [4.78, 5) is 4.25. The number of hydrogen-bond donors (Lipinski definition) is 2. The van der Waals surface area contributed by atoms with Crippen LogP contribution < -0.4 is 10.6 Å². The number of rotatable bonds is 4. The van der Waals surface area contributed by atoms with Crippen LogP contribution in [0.25, 0.3) is 0 Å². The van der Waals surface area contributed by atoms with Gasteiger partial charge in [0.05, 0.1) is 18.3 Å². The van der Waals surface area contributed by atoms with Crippen molar-refractivity contribution in [3.63, 3.8) is 0 Å². The molecule has 0 amide bonds. The second kappa shape index (κ2) is 6.75. The molecule has 0 aliphatic carbocycles. The maximum absolute atomic E-state index is 4.25. The van der Waals surface area contributed by atoms with Gasteiger partial charge in [0.2, 0.25) is 0 Å². The average molecular weight is 271 g/mol. The zero-order valence-corrected chi connectivity index (χ0v) is 12.2. The molecule has 1 aromatic heterocycles. The number of guanidine groups is 1. The van der Waals surface area contributed by atoms with Crippen LogP contribution in [-0.4, -0.2) is 22.8 Å². The Kier molecular flexibility index (Phi) is 4.76. The van der Waals surface area contributed by atoms with Gasteiger partial charge in [-0.2, -0.15) is 5.10 Å². The Balaban J connectivity index is 1.91. The van der Waals surface area contributed by atoms with Gasteiger partial charge in [-0.25, -0.2) is 0 Å². The van der Waals surface area contributed by atoms with Crippen LogP contribution in [0.4, 0.5) is 0 Å². The molecule has 0 saturated carbocycles. The molecule has 2 N–H and O–H groups in total. The number of hydrogen-bond acceptors (Lipinski definition) is 2. The summed E-state index contributed by atoms with van der Waals surface area (Å²) in [5.41, 5.74) is 2.34. The Morgan fingerprint density at radius 2 is 2.05 bits per heavy atom. The van der Waals surface area contributed by atoms with Crippen LogP contribution in [0.5, 0.6) is 0 Å². The molecule has 20 heavy (non-hydrogen) atoms. The van der Waals surface area contributed by atoms with Gasteiger partial charge in [-0.15, -0.1) is 0 Å². The van der Waals surface area contributed by atoms with Crippen LogP contribution >= 0.6 is 0 Å². The molecule has 5 nitrogen and oxygen atoms in total. The van der Waals surface area contributed by atoms with Crippen molar-refractivity contribution in [2.45, 2.75) is 19.5 Å². The number of aromatic nitrogens is 2. The van der Waals surface area contributed by atoms with Gasteiger partial charge >= 0.3 is 0 Å². The first-order valence-electron chi connectivity index (χ1n) is 6.69. The van der Waals surface area contributed by atoms with Crippen LogP contribution in [0.1, 0.15) is 24.2 Å². The topological polar surface area (TPSA) is 54.2 Å². The highest BCUT2D eigenvalue weighted by molar-refractivity contribution is 5.80. The van der Waals surface area contributed by atoms with E-state index in [0.717, 1.165) is 11.7 Å². The van der Waals surface area contributed by atoms with E-state index in [1.54, 1.807) is 13.2 Å². The molecule has 5 heteroatoms. The minimum atomic E-state index is 0.203. The summed E-state index contributed by atoms with van der Waals surface area (Å²) in [5.74, 6) is 0.780. The van der Waals surface area contributed by atoms with Crippen LogP contribution in [-0.2, 0) is 13.6 Å². The molecule has 0 saturated heterocycles. The molecule has 0 bridgehead atoms. The number of aryl methyl sites for hydroxylation is 1. The van der Waals surface area contributed by atoms with E-state index in [2.05, 4.69) is 39.8 Å². The monoisotopic (exact) mass is 271 g/mol. The van der Waals surface area contributed by atoms with Crippen LogP contribution in [0.2, 0.25) is 0 Å². The molecule has 106 valence electrons. The van der Waals surface area contributed by atoms with Gasteiger partial charge in [0, 0.05) is 20.3 Å². The number of aliphatic imine (C=N–C) groups is 1. The van der Waals surface area contributed by atoms with E-state index in [1.165, 1.54) is 5.56 Å². The fourth-order valence-electron chi connectivity index (χ4n) is 1.97. The molecule has 1 unspecified atom stereocenters. The smallest absolute Gasteiger partial charge is 0.191 e. The van der Waals surface area contributed by atoms with Crippen molar-refractivity contribution in [3.8, 4) is 0 Å². The van der Waals surface area contributed by atoms with Crippen LogP contribution in [0, 0.1) is 0 Å². The number of nitrogens with one attached hydrogen (secondary N) is 2.